The van der Waals surface area contributed by atoms with Crippen molar-refractivity contribution in [1.29, 1.82) is 0 Å². The normalized spacial score (nSPS) is 19.7. The molecule has 8 heteroatoms. The number of benzene rings is 1. The van der Waals surface area contributed by atoms with Crippen molar-refractivity contribution in [3.63, 3.8) is 0 Å². The van der Waals surface area contributed by atoms with Crippen LogP contribution in [0.2, 0.25) is 0 Å². The Kier molecular flexibility index (Phi) is 4.12. The topological polar surface area (TPSA) is 88.2 Å². The van der Waals surface area contributed by atoms with E-state index >= 15 is 0 Å². The summed E-state index contributed by atoms with van der Waals surface area (Å²) in [5.74, 6) is 0.150. The van der Waals surface area contributed by atoms with Crippen molar-refractivity contribution in [1.82, 2.24) is 10.3 Å². The van der Waals surface area contributed by atoms with Gasteiger partial charge in [-0.05, 0) is 18.6 Å². The van der Waals surface area contributed by atoms with Gasteiger partial charge in [-0.1, -0.05) is 12.1 Å². The second-order valence-electron chi connectivity index (χ2n) is 5.12. The molecule has 3 rings (SSSR count). The van der Waals surface area contributed by atoms with Crippen molar-refractivity contribution in [2.45, 2.75) is 12.5 Å². The van der Waals surface area contributed by atoms with Crippen LogP contribution in [0.4, 0.5) is 10.5 Å². The molecule has 0 aliphatic carbocycles. The first kappa shape index (κ1) is 15.0. The van der Waals surface area contributed by atoms with E-state index in [0.29, 0.717) is 12.1 Å². The average molecular weight is 337 g/mol. The molecule has 0 saturated carbocycles. The molecule has 2 aromatic rings. The molecule has 1 aromatic heterocycles. The smallest absolute Gasteiger partial charge is 0.319 e. The Morgan fingerprint density at radius 3 is 2.91 bits per heavy atom. The highest BCUT2D eigenvalue weighted by Crippen LogP contribution is 2.24. The minimum Gasteiger partial charge on any atom is -0.334 e. The third-order valence-corrected chi connectivity index (χ3v) is 5.96. The number of carbonyl (C=O) groups excluding carboxylic acids is 1. The molecule has 0 unspecified atom stereocenters. The Bertz CT molecular complexity index is 772. The van der Waals surface area contributed by atoms with E-state index in [9.17, 15) is 13.2 Å². The highest BCUT2D eigenvalue weighted by Gasteiger charge is 2.28. The molecule has 0 spiro atoms. The fourth-order valence-electron chi connectivity index (χ4n) is 2.36. The van der Waals surface area contributed by atoms with E-state index in [4.69, 9.17) is 0 Å². The zero-order valence-electron chi connectivity index (χ0n) is 11.7. The van der Waals surface area contributed by atoms with E-state index < -0.39 is 15.9 Å². The molecular formula is C14H15N3O3S2. The molecule has 0 bridgehead atoms. The quantitative estimate of drug-likeness (QED) is 0.898. The first-order chi connectivity index (χ1) is 10.5. The van der Waals surface area contributed by atoms with Gasteiger partial charge in [0.05, 0.1) is 11.5 Å². The van der Waals surface area contributed by atoms with Crippen LogP contribution in [0.15, 0.2) is 35.8 Å². The van der Waals surface area contributed by atoms with Gasteiger partial charge in [0.1, 0.15) is 5.01 Å². The van der Waals surface area contributed by atoms with Crippen LogP contribution in [-0.4, -0.2) is 37.0 Å². The van der Waals surface area contributed by atoms with E-state index in [0.717, 1.165) is 10.6 Å². The van der Waals surface area contributed by atoms with E-state index in [1.54, 1.807) is 12.3 Å². The number of urea groups is 1. The molecule has 1 atom stereocenters. The molecule has 1 fully saturated rings. The van der Waals surface area contributed by atoms with Crippen LogP contribution in [0, 0.1) is 0 Å². The summed E-state index contributed by atoms with van der Waals surface area (Å²) in [4.78, 5) is 16.2. The summed E-state index contributed by atoms with van der Waals surface area (Å²) < 4.78 is 22.8. The number of sulfone groups is 1. The van der Waals surface area contributed by atoms with E-state index in [-0.39, 0.29) is 17.5 Å². The zero-order chi connectivity index (χ0) is 15.6. The standard InChI is InChI=1S/C14H15N3O3S2/c18-14(17-12-4-7-22(19,20)9-12)16-11-3-1-2-10(8-11)13-15-5-6-21-13/h1-3,5-6,8,12H,4,7,9H2,(H2,16,17,18)/t12-/m1/s1. The first-order valence-electron chi connectivity index (χ1n) is 6.80. The summed E-state index contributed by atoms with van der Waals surface area (Å²) in [5, 5.41) is 8.20. The molecule has 1 aliphatic heterocycles. The summed E-state index contributed by atoms with van der Waals surface area (Å²) >= 11 is 1.52. The molecule has 1 saturated heterocycles. The van der Waals surface area contributed by atoms with Crippen LogP contribution in [0.1, 0.15) is 6.42 Å². The van der Waals surface area contributed by atoms with Gasteiger partial charge in [-0.25, -0.2) is 18.2 Å². The highest BCUT2D eigenvalue weighted by molar-refractivity contribution is 7.91. The third-order valence-electron chi connectivity index (χ3n) is 3.37. The van der Waals surface area contributed by atoms with E-state index in [1.807, 2.05) is 23.6 Å². The maximum Gasteiger partial charge on any atom is 0.319 e. The minimum absolute atomic E-state index is 0.0135. The predicted octanol–water partition coefficient (Wildman–Crippen LogP) is 2.12. The summed E-state index contributed by atoms with van der Waals surface area (Å²) in [5.41, 5.74) is 1.57. The van der Waals surface area contributed by atoms with Gasteiger partial charge in [-0.3, -0.25) is 0 Å². The number of nitrogens with one attached hydrogen (secondary N) is 2. The second kappa shape index (κ2) is 6.05. The van der Waals surface area contributed by atoms with E-state index in [2.05, 4.69) is 15.6 Å². The number of hydrogen-bond acceptors (Lipinski definition) is 5. The molecule has 1 aliphatic rings. The van der Waals surface area contributed by atoms with Crippen LogP contribution >= 0.6 is 11.3 Å². The molecule has 22 heavy (non-hydrogen) atoms. The largest absolute Gasteiger partial charge is 0.334 e. The number of nitrogens with zero attached hydrogens (tertiary/aromatic N) is 1. The lowest BCUT2D eigenvalue weighted by atomic mass is 10.2. The van der Waals surface area contributed by atoms with Crippen molar-refractivity contribution < 1.29 is 13.2 Å². The summed E-state index contributed by atoms with van der Waals surface area (Å²) in [6.45, 7) is 0. The lowest BCUT2D eigenvalue weighted by molar-refractivity contribution is 0.249. The molecule has 2 amide bonds. The number of anilines is 1. The number of carbonyl (C=O) groups is 1. The average Bonchev–Trinajstić information content (AvgIpc) is 3.09. The SMILES string of the molecule is O=C(Nc1cccc(-c2nccs2)c1)N[C@@H]1CCS(=O)(=O)C1. The molecule has 2 N–H and O–H groups in total. The lowest BCUT2D eigenvalue weighted by Gasteiger charge is -2.12. The van der Waals surface area contributed by atoms with Gasteiger partial charge in [0.15, 0.2) is 9.84 Å². The Balaban J connectivity index is 1.63. The molecule has 2 heterocycles. The van der Waals surface area contributed by atoms with Gasteiger partial charge in [0.25, 0.3) is 0 Å². The van der Waals surface area contributed by atoms with Gasteiger partial charge in [-0.15, -0.1) is 11.3 Å². The first-order valence-corrected chi connectivity index (χ1v) is 9.50. The maximum absolute atomic E-state index is 11.9. The Morgan fingerprint density at radius 2 is 2.23 bits per heavy atom. The van der Waals surface area contributed by atoms with Gasteiger partial charge in [-0.2, -0.15) is 0 Å². The second-order valence-corrected chi connectivity index (χ2v) is 8.24. The third kappa shape index (κ3) is 3.63. The van der Waals surface area contributed by atoms with Crippen LogP contribution in [0.3, 0.4) is 0 Å². The monoisotopic (exact) mass is 337 g/mol. The van der Waals surface area contributed by atoms with Gasteiger partial charge < -0.3 is 10.6 Å². The van der Waals surface area contributed by atoms with E-state index in [1.165, 1.54) is 11.3 Å². The van der Waals surface area contributed by atoms with Crippen molar-refractivity contribution in [2.24, 2.45) is 0 Å². The Morgan fingerprint density at radius 1 is 1.36 bits per heavy atom. The van der Waals surface area contributed by atoms with Gasteiger partial charge >= 0.3 is 6.03 Å². The fraction of sp³-hybridized carbons (Fsp3) is 0.286. The Hall–Kier alpha value is -1.93. The molecule has 6 nitrogen and oxygen atoms in total. The molecule has 0 radical (unpaired) electrons. The highest BCUT2D eigenvalue weighted by atomic mass is 32.2. The fourth-order valence-corrected chi connectivity index (χ4v) is 4.67. The number of hydrogen-bond donors (Lipinski definition) is 2. The van der Waals surface area contributed by atoms with Crippen molar-refractivity contribution in [3.8, 4) is 10.6 Å². The molecular weight excluding hydrogens is 322 g/mol. The summed E-state index contributed by atoms with van der Waals surface area (Å²) in [6, 6.07) is 6.68. The van der Waals surface area contributed by atoms with Crippen LogP contribution < -0.4 is 10.6 Å². The number of aromatic nitrogens is 1. The van der Waals surface area contributed by atoms with Gasteiger partial charge in [0, 0.05) is 28.9 Å². The molecule has 1 aromatic carbocycles. The van der Waals surface area contributed by atoms with Crippen LogP contribution in [0.5, 0.6) is 0 Å². The lowest BCUT2D eigenvalue weighted by Crippen LogP contribution is -2.38. The van der Waals surface area contributed by atoms with Crippen LogP contribution in [-0.2, 0) is 9.84 Å². The Labute approximate surface area is 132 Å². The number of thiazole rings is 1. The summed E-state index contributed by atoms with van der Waals surface area (Å²) in [6.07, 6.45) is 2.20. The summed E-state index contributed by atoms with van der Waals surface area (Å²) in [7, 11) is -3.00. The zero-order valence-corrected chi connectivity index (χ0v) is 13.3. The minimum atomic E-state index is -3.00. The van der Waals surface area contributed by atoms with Crippen molar-refractivity contribution >= 4 is 32.9 Å². The molecule has 116 valence electrons. The van der Waals surface area contributed by atoms with Crippen LogP contribution in [0.25, 0.3) is 10.6 Å². The number of amides is 2. The maximum atomic E-state index is 11.9. The predicted molar refractivity (Wildman–Crippen MR) is 86.8 cm³/mol. The number of rotatable bonds is 3. The van der Waals surface area contributed by atoms with Crippen molar-refractivity contribution in [3.05, 3.63) is 35.8 Å². The van der Waals surface area contributed by atoms with Crippen molar-refractivity contribution in [2.75, 3.05) is 16.8 Å². The van der Waals surface area contributed by atoms with Gasteiger partial charge in [0.2, 0.25) is 0 Å².